The molecule has 0 radical (unpaired) electrons. The number of rotatable bonds is 2. The third-order valence-corrected chi connectivity index (χ3v) is 4.56. The van der Waals surface area contributed by atoms with Gasteiger partial charge in [-0.2, -0.15) is 0 Å². The second kappa shape index (κ2) is 5.55. The van der Waals surface area contributed by atoms with Crippen molar-refractivity contribution in [2.24, 2.45) is 0 Å². The molecule has 3 rings (SSSR count). The first-order valence-corrected chi connectivity index (χ1v) is 8.02. The summed E-state index contributed by atoms with van der Waals surface area (Å²) >= 11 is 0. The molecule has 0 bridgehead atoms. The van der Waals surface area contributed by atoms with Gasteiger partial charge in [-0.1, -0.05) is 18.7 Å². The third-order valence-electron chi connectivity index (χ3n) is 3.10. The molecule has 2 aromatic rings. The van der Waals surface area contributed by atoms with Gasteiger partial charge in [-0.15, -0.1) is 4.98 Å². The van der Waals surface area contributed by atoms with E-state index in [0.29, 0.717) is 11.3 Å². The highest BCUT2D eigenvalue weighted by Crippen LogP contribution is 2.29. The van der Waals surface area contributed by atoms with Gasteiger partial charge in [0.25, 0.3) is 5.82 Å². The molecule has 0 saturated heterocycles. The first-order valence-electron chi connectivity index (χ1n) is 6.48. The summed E-state index contributed by atoms with van der Waals surface area (Å²) in [5.74, 6) is 0.393. The van der Waals surface area contributed by atoms with E-state index in [4.69, 9.17) is 6.57 Å². The number of aromatic nitrogens is 1. The van der Waals surface area contributed by atoms with Crippen LogP contribution in [0.25, 0.3) is 10.9 Å². The van der Waals surface area contributed by atoms with Crippen molar-refractivity contribution in [3.63, 3.8) is 0 Å². The smallest absolute Gasteiger partial charge is 0.326 e. The fourth-order valence-electron chi connectivity index (χ4n) is 2.07. The van der Waals surface area contributed by atoms with Gasteiger partial charge in [-0.3, -0.25) is 5.32 Å². The molecule has 0 aliphatic carbocycles. The zero-order valence-corrected chi connectivity index (χ0v) is 12.5. The molecule has 7 nitrogen and oxygen atoms in total. The van der Waals surface area contributed by atoms with Gasteiger partial charge < -0.3 is 10.2 Å². The average Bonchev–Trinajstić information content (AvgIpc) is 2.82. The molecule has 0 spiro atoms. The van der Waals surface area contributed by atoms with Gasteiger partial charge in [0.05, 0.1) is 4.90 Å². The zero-order valence-electron chi connectivity index (χ0n) is 11.6. The summed E-state index contributed by atoms with van der Waals surface area (Å²) in [6, 6.07) is 8.70. The Kier molecular flexibility index (Phi) is 3.56. The lowest BCUT2D eigenvalue weighted by Gasteiger charge is -2.07. The van der Waals surface area contributed by atoms with Crippen molar-refractivity contribution in [1.82, 2.24) is 4.98 Å². The standard InChI is InChI=1S/C15H10N4O3S/c1-16-13-3-2-4-14(18-13)19-15(20)17-11-6-5-10-7-8-23(21,22)12(10)9-11/h2-9H,(H2,17,18,19,20). The molecule has 114 valence electrons. The Morgan fingerprint density at radius 1 is 1.17 bits per heavy atom. The highest BCUT2D eigenvalue weighted by atomic mass is 32.2. The average molecular weight is 326 g/mol. The summed E-state index contributed by atoms with van der Waals surface area (Å²) in [4.78, 5) is 19.2. The van der Waals surface area contributed by atoms with Crippen LogP contribution in [-0.2, 0) is 9.84 Å². The Labute approximate surface area is 132 Å². The summed E-state index contributed by atoms with van der Waals surface area (Å²) in [6.07, 6.45) is 1.51. The molecule has 1 aliphatic heterocycles. The van der Waals surface area contributed by atoms with E-state index in [1.165, 1.54) is 18.2 Å². The number of amides is 2. The number of fused-ring (bicyclic) bond motifs is 1. The number of benzene rings is 1. The minimum atomic E-state index is -3.43. The molecule has 0 unspecified atom stereocenters. The number of carbonyl (C=O) groups is 1. The van der Waals surface area contributed by atoms with Gasteiger partial charge in [-0.05, 0) is 29.8 Å². The van der Waals surface area contributed by atoms with Gasteiger partial charge in [0.1, 0.15) is 0 Å². The van der Waals surface area contributed by atoms with E-state index in [1.807, 2.05) is 0 Å². The van der Waals surface area contributed by atoms with Gasteiger partial charge in [-0.25, -0.2) is 13.2 Å². The van der Waals surface area contributed by atoms with Crippen LogP contribution in [0.5, 0.6) is 0 Å². The molecular formula is C15H10N4O3S. The molecule has 1 aromatic carbocycles. The minimum Gasteiger partial charge on any atom is -0.361 e. The Bertz CT molecular complexity index is 974. The predicted octanol–water partition coefficient (Wildman–Crippen LogP) is 3.03. The number of hydrogen-bond donors (Lipinski definition) is 2. The van der Waals surface area contributed by atoms with E-state index >= 15 is 0 Å². The third kappa shape index (κ3) is 3.04. The van der Waals surface area contributed by atoms with Crippen molar-refractivity contribution in [3.05, 3.63) is 58.8 Å². The summed E-state index contributed by atoms with van der Waals surface area (Å²) < 4.78 is 23.6. The molecule has 1 aliphatic rings. The molecular weight excluding hydrogens is 316 g/mol. The highest BCUT2D eigenvalue weighted by Gasteiger charge is 2.21. The Hall–Kier alpha value is -3.18. The number of hydrogen-bond acceptors (Lipinski definition) is 4. The van der Waals surface area contributed by atoms with Gasteiger partial charge >= 0.3 is 6.03 Å². The minimum absolute atomic E-state index is 0.156. The normalized spacial score (nSPS) is 13.9. The second-order valence-electron chi connectivity index (χ2n) is 4.67. The first kappa shape index (κ1) is 14.7. The van der Waals surface area contributed by atoms with Crippen molar-refractivity contribution >= 4 is 39.3 Å². The molecule has 0 atom stereocenters. The zero-order chi connectivity index (χ0) is 16.4. The highest BCUT2D eigenvalue weighted by molar-refractivity contribution is 7.94. The lowest BCUT2D eigenvalue weighted by Crippen LogP contribution is -2.20. The number of carbonyl (C=O) groups excluding carboxylic acids is 1. The maximum atomic E-state index is 11.9. The molecule has 0 saturated carbocycles. The Balaban J connectivity index is 1.76. The first-order chi connectivity index (χ1) is 11.0. The number of urea groups is 1. The molecule has 8 heteroatoms. The molecule has 2 heterocycles. The van der Waals surface area contributed by atoms with Crippen LogP contribution in [0.1, 0.15) is 5.56 Å². The summed E-state index contributed by atoms with van der Waals surface area (Å²) in [5, 5.41) is 6.15. The van der Waals surface area contributed by atoms with Crippen molar-refractivity contribution in [3.8, 4) is 0 Å². The molecule has 2 N–H and O–H groups in total. The van der Waals surface area contributed by atoms with Crippen LogP contribution in [0.4, 0.5) is 22.1 Å². The van der Waals surface area contributed by atoms with Crippen LogP contribution in [0.3, 0.4) is 0 Å². The molecule has 23 heavy (non-hydrogen) atoms. The van der Waals surface area contributed by atoms with Crippen LogP contribution in [0.15, 0.2) is 46.7 Å². The molecule has 0 fully saturated rings. The quantitative estimate of drug-likeness (QED) is 0.830. The van der Waals surface area contributed by atoms with Crippen LogP contribution in [-0.4, -0.2) is 19.4 Å². The Morgan fingerprint density at radius 3 is 2.78 bits per heavy atom. The maximum absolute atomic E-state index is 11.9. The van der Waals surface area contributed by atoms with Crippen LogP contribution >= 0.6 is 0 Å². The maximum Gasteiger partial charge on any atom is 0.326 e. The van der Waals surface area contributed by atoms with E-state index < -0.39 is 15.9 Å². The van der Waals surface area contributed by atoms with E-state index in [1.54, 1.807) is 24.3 Å². The molecule has 2 amide bonds. The summed E-state index contributed by atoms with van der Waals surface area (Å²) in [7, 11) is -3.43. The number of nitrogens with zero attached hydrogens (tertiary/aromatic N) is 2. The summed E-state index contributed by atoms with van der Waals surface area (Å²) in [6.45, 7) is 6.88. The topological polar surface area (TPSA) is 92.5 Å². The van der Waals surface area contributed by atoms with Gasteiger partial charge in [0, 0.05) is 17.2 Å². The molecule has 1 aromatic heterocycles. The summed E-state index contributed by atoms with van der Waals surface area (Å²) in [5.41, 5.74) is 0.928. The predicted molar refractivity (Wildman–Crippen MR) is 85.8 cm³/mol. The largest absolute Gasteiger partial charge is 0.361 e. The van der Waals surface area contributed by atoms with E-state index in [9.17, 15) is 13.2 Å². The number of nitrogens with one attached hydrogen (secondary N) is 2. The van der Waals surface area contributed by atoms with E-state index in [0.717, 1.165) is 5.41 Å². The SMILES string of the molecule is [C-]#[N+]c1cccc(NC(=O)Nc2ccc3c(c2)S(=O)(=O)C=C3)n1. The van der Waals surface area contributed by atoms with Crippen molar-refractivity contribution < 1.29 is 13.2 Å². The second-order valence-corrected chi connectivity index (χ2v) is 6.47. The number of sulfone groups is 1. The Morgan fingerprint density at radius 2 is 2.00 bits per heavy atom. The number of pyridine rings is 1. The van der Waals surface area contributed by atoms with E-state index in [2.05, 4.69) is 20.5 Å². The van der Waals surface area contributed by atoms with Crippen LogP contribution in [0, 0.1) is 6.57 Å². The monoisotopic (exact) mass is 326 g/mol. The van der Waals surface area contributed by atoms with Crippen LogP contribution < -0.4 is 10.6 Å². The van der Waals surface area contributed by atoms with Gasteiger partial charge in [0.15, 0.2) is 0 Å². The lowest BCUT2D eigenvalue weighted by atomic mass is 10.2. The van der Waals surface area contributed by atoms with Crippen LogP contribution in [0.2, 0.25) is 0 Å². The van der Waals surface area contributed by atoms with Crippen molar-refractivity contribution in [2.75, 3.05) is 10.6 Å². The van der Waals surface area contributed by atoms with Gasteiger partial charge in [0.2, 0.25) is 15.7 Å². The van der Waals surface area contributed by atoms with E-state index in [-0.39, 0.29) is 16.5 Å². The fraction of sp³-hybridized carbons (Fsp3) is 0. The fourth-order valence-corrected chi connectivity index (χ4v) is 3.29. The van der Waals surface area contributed by atoms with Crippen molar-refractivity contribution in [1.29, 1.82) is 0 Å². The lowest BCUT2D eigenvalue weighted by molar-refractivity contribution is 0.262. The van der Waals surface area contributed by atoms with Crippen molar-refractivity contribution in [2.45, 2.75) is 4.90 Å². The number of anilines is 2.